The highest BCUT2D eigenvalue weighted by Crippen LogP contribution is 2.34. The molecule has 9 heteroatoms. The molecular formula is C16H28ClN5O3. The van der Waals surface area contributed by atoms with Gasteiger partial charge in [-0.05, 0) is 12.8 Å². The third kappa shape index (κ3) is 4.62. The minimum absolute atomic E-state index is 0. The molecule has 8 nitrogen and oxygen atoms in total. The van der Waals surface area contributed by atoms with E-state index in [1.807, 2.05) is 0 Å². The van der Waals surface area contributed by atoms with Crippen molar-refractivity contribution in [3.05, 3.63) is 0 Å². The lowest BCUT2D eigenvalue weighted by Crippen LogP contribution is -2.46. The van der Waals surface area contributed by atoms with E-state index in [-0.39, 0.29) is 43.2 Å². The molecule has 3 N–H and O–H groups in total. The highest BCUT2D eigenvalue weighted by molar-refractivity contribution is 6.07. The molecule has 0 unspecified atom stereocenters. The number of hydrogen-bond acceptors (Lipinski definition) is 5. The highest BCUT2D eigenvalue weighted by Gasteiger charge is 2.52. The molecule has 0 aromatic rings. The second-order valence-corrected chi connectivity index (χ2v) is 6.87. The summed E-state index contributed by atoms with van der Waals surface area (Å²) in [5.74, 6) is -0.267. The molecule has 0 atom stereocenters. The van der Waals surface area contributed by atoms with Crippen LogP contribution in [-0.2, 0) is 9.59 Å². The van der Waals surface area contributed by atoms with Gasteiger partial charge in [0.25, 0.3) is 5.91 Å². The number of nitrogens with zero attached hydrogens (tertiary/aromatic N) is 2. The summed E-state index contributed by atoms with van der Waals surface area (Å²) in [5.41, 5.74) is -0.685. The van der Waals surface area contributed by atoms with Crippen LogP contribution >= 0.6 is 12.4 Å². The lowest BCUT2D eigenvalue weighted by Gasteiger charge is -2.27. The number of hydrogen-bond donors (Lipinski definition) is 3. The minimum Gasteiger partial charge on any atom is -0.355 e. The Morgan fingerprint density at radius 2 is 1.80 bits per heavy atom. The van der Waals surface area contributed by atoms with Crippen molar-refractivity contribution in [3.63, 3.8) is 0 Å². The number of halogens is 1. The molecule has 25 heavy (non-hydrogen) atoms. The number of nitrogens with one attached hydrogen (secondary N) is 3. The topological polar surface area (TPSA) is 93.8 Å². The maximum absolute atomic E-state index is 12.5. The highest BCUT2D eigenvalue weighted by atomic mass is 35.5. The fourth-order valence-corrected chi connectivity index (χ4v) is 3.79. The number of carbonyl (C=O) groups is 3. The predicted molar refractivity (Wildman–Crippen MR) is 95.6 cm³/mol. The number of amides is 4. The molecule has 1 saturated carbocycles. The summed E-state index contributed by atoms with van der Waals surface area (Å²) in [5, 5.41) is 9.00. The van der Waals surface area contributed by atoms with Crippen molar-refractivity contribution in [1.29, 1.82) is 0 Å². The Bertz CT molecular complexity index is 504. The van der Waals surface area contributed by atoms with Gasteiger partial charge in [-0.1, -0.05) is 12.8 Å². The van der Waals surface area contributed by atoms with Crippen LogP contribution in [0.15, 0.2) is 0 Å². The Hall–Kier alpha value is -1.38. The summed E-state index contributed by atoms with van der Waals surface area (Å²) in [6.45, 7) is 5.57. The maximum Gasteiger partial charge on any atom is 0.325 e. The van der Waals surface area contributed by atoms with Crippen LogP contribution in [0, 0.1) is 0 Å². The second kappa shape index (κ2) is 8.82. The number of rotatable bonds is 6. The first-order chi connectivity index (χ1) is 11.6. The maximum atomic E-state index is 12.5. The quantitative estimate of drug-likeness (QED) is 0.555. The van der Waals surface area contributed by atoms with Gasteiger partial charge in [-0.15, -0.1) is 12.4 Å². The zero-order valence-electron chi connectivity index (χ0n) is 14.5. The van der Waals surface area contributed by atoms with Gasteiger partial charge in [0.05, 0.1) is 0 Å². The largest absolute Gasteiger partial charge is 0.355 e. The van der Waals surface area contributed by atoms with E-state index in [0.717, 1.165) is 45.6 Å². The molecule has 2 heterocycles. The molecule has 2 saturated heterocycles. The van der Waals surface area contributed by atoms with E-state index in [2.05, 4.69) is 20.9 Å². The van der Waals surface area contributed by atoms with E-state index in [1.165, 1.54) is 4.90 Å². The first-order valence-corrected chi connectivity index (χ1v) is 8.95. The van der Waals surface area contributed by atoms with Crippen molar-refractivity contribution in [3.8, 4) is 0 Å². The van der Waals surface area contributed by atoms with Crippen LogP contribution < -0.4 is 16.0 Å². The van der Waals surface area contributed by atoms with Gasteiger partial charge in [0.15, 0.2) is 0 Å². The molecule has 3 aliphatic rings. The first-order valence-electron chi connectivity index (χ1n) is 8.95. The Kier molecular flexibility index (Phi) is 7.04. The molecule has 3 rings (SSSR count). The normalized spacial score (nSPS) is 22.8. The van der Waals surface area contributed by atoms with Crippen molar-refractivity contribution in [1.82, 2.24) is 25.8 Å². The van der Waals surface area contributed by atoms with E-state index >= 15 is 0 Å². The molecule has 0 aromatic carbocycles. The van der Waals surface area contributed by atoms with E-state index in [0.29, 0.717) is 19.4 Å². The van der Waals surface area contributed by atoms with Gasteiger partial charge in [0.2, 0.25) is 5.91 Å². The standard InChI is InChI=1S/C16H27N5O3.ClH/c22-13(18-8-12-20-10-6-17-7-11-20)3-9-21-14(23)16(19-15(21)24)4-1-2-5-16;/h17H,1-12H2,(H,18,22)(H,19,24);1H. The first kappa shape index (κ1) is 19.9. The minimum atomic E-state index is -0.685. The van der Waals surface area contributed by atoms with Gasteiger partial charge >= 0.3 is 6.03 Å². The summed E-state index contributed by atoms with van der Waals surface area (Å²) in [6.07, 6.45) is 3.52. The van der Waals surface area contributed by atoms with Crippen LogP contribution in [-0.4, -0.2) is 79.0 Å². The van der Waals surface area contributed by atoms with Crippen LogP contribution in [0.2, 0.25) is 0 Å². The monoisotopic (exact) mass is 373 g/mol. The molecule has 3 fully saturated rings. The molecule has 2 aliphatic heterocycles. The molecule has 142 valence electrons. The van der Waals surface area contributed by atoms with Gasteiger partial charge in [0.1, 0.15) is 5.54 Å². The number of imide groups is 1. The lowest BCUT2D eigenvalue weighted by atomic mass is 9.98. The van der Waals surface area contributed by atoms with Gasteiger partial charge in [0, 0.05) is 52.2 Å². The van der Waals surface area contributed by atoms with Crippen LogP contribution in [0.1, 0.15) is 32.1 Å². The molecule has 4 amide bonds. The van der Waals surface area contributed by atoms with Crippen molar-refractivity contribution in [2.75, 3.05) is 45.8 Å². The van der Waals surface area contributed by atoms with Gasteiger partial charge in [-0.2, -0.15) is 0 Å². The molecule has 1 spiro atoms. The summed E-state index contributed by atoms with van der Waals surface area (Å²) in [7, 11) is 0. The Labute approximate surface area is 154 Å². The summed E-state index contributed by atoms with van der Waals surface area (Å²) >= 11 is 0. The van der Waals surface area contributed by atoms with E-state index in [4.69, 9.17) is 0 Å². The smallest absolute Gasteiger partial charge is 0.325 e. The Balaban J connectivity index is 0.00000225. The second-order valence-electron chi connectivity index (χ2n) is 6.87. The van der Waals surface area contributed by atoms with Crippen LogP contribution in [0.3, 0.4) is 0 Å². The van der Waals surface area contributed by atoms with Crippen LogP contribution in [0.5, 0.6) is 0 Å². The molecule has 0 aromatic heterocycles. The van der Waals surface area contributed by atoms with Crippen molar-refractivity contribution in [2.45, 2.75) is 37.6 Å². The summed E-state index contributed by atoms with van der Waals surface area (Å²) in [4.78, 5) is 40.0. The van der Waals surface area contributed by atoms with Gasteiger partial charge in [-0.3, -0.25) is 19.4 Å². The molecule has 0 bridgehead atoms. The Morgan fingerprint density at radius 1 is 1.12 bits per heavy atom. The van der Waals surface area contributed by atoms with Crippen LogP contribution in [0.25, 0.3) is 0 Å². The van der Waals surface area contributed by atoms with E-state index in [9.17, 15) is 14.4 Å². The third-order valence-electron chi connectivity index (χ3n) is 5.23. The predicted octanol–water partition coefficient (Wildman–Crippen LogP) is -0.316. The molecule has 1 aliphatic carbocycles. The van der Waals surface area contributed by atoms with Crippen LogP contribution in [0.4, 0.5) is 4.79 Å². The van der Waals surface area contributed by atoms with Crippen molar-refractivity contribution < 1.29 is 14.4 Å². The number of urea groups is 1. The number of carbonyl (C=O) groups excluding carboxylic acids is 3. The summed E-state index contributed by atoms with van der Waals surface area (Å²) < 4.78 is 0. The average molecular weight is 374 g/mol. The fourth-order valence-electron chi connectivity index (χ4n) is 3.79. The van der Waals surface area contributed by atoms with E-state index < -0.39 is 5.54 Å². The van der Waals surface area contributed by atoms with Gasteiger partial charge < -0.3 is 16.0 Å². The molecule has 0 radical (unpaired) electrons. The Morgan fingerprint density at radius 3 is 2.48 bits per heavy atom. The van der Waals surface area contributed by atoms with Gasteiger partial charge in [-0.25, -0.2) is 4.79 Å². The van der Waals surface area contributed by atoms with Crippen molar-refractivity contribution >= 4 is 30.3 Å². The fraction of sp³-hybridized carbons (Fsp3) is 0.812. The van der Waals surface area contributed by atoms with Crippen molar-refractivity contribution in [2.24, 2.45) is 0 Å². The zero-order chi connectivity index (χ0) is 17.0. The SMILES string of the molecule is Cl.O=C(CCN1C(=O)NC2(CCCC2)C1=O)NCCN1CCNCC1. The van der Waals surface area contributed by atoms with E-state index in [1.54, 1.807) is 0 Å². The summed E-state index contributed by atoms with van der Waals surface area (Å²) in [6, 6.07) is -0.351. The average Bonchev–Trinajstić information content (AvgIpc) is 3.13. The molecular weight excluding hydrogens is 346 g/mol. The lowest BCUT2D eigenvalue weighted by molar-refractivity contribution is -0.131. The third-order valence-corrected chi connectivity index (χ3v) is 5.23. The number of piperazine rings is 1. The zero-order valence-corrected chi connectivity index (χ0v) is 15.3.